The number of aliphatic hydroxyl groups is 2. The van der Waals surface area contributed by atoms with Gasteiger partial charge in [-0.2, -0.15) is 0 Å². The molecule has 0 spiro atoms. The predicted molar refractivity (Wildman–Crippen MR) is 64.7 cm³/mol. The van der Waals surface area contributed by atoms with E-state index in [1.165, 1.54) is 0 Å². The van der Waals surface area contributed by atoms with Crippen LogP contribution in [0.25, 0.3) is 0 Å². The number of esters is 1. The average Bonchev–Trinajstić information content (AvgIpc) is 2.10. The van der Waals surface area contributed by atoms with Crippen molar-refractivity contribution in [2.75, 3.05) is 0 Å². The molecule has 3 saturated carbocycles. The monoisotopic (exact) mass is 252 g/mol. The maximum Gasteiger partial charge on any atom is 0.333 e. The molecule has 0 aromatic carbocycles. The maximum atomic E-state index is 11.7. The van der Waals surface area contributed by atoms with E-state index >= 15 is 0 Å². The third-order valence-corrected chi connectivity index (χ3v) is 4.85. The minimum atomic E-state index is -0.966. The molecule has 0 saturated heterocycles. The van der Waals surface area contributed by atoms with Crippen LogP contribution in [0.4, 0.5) is 0 Å². The van der Waals surface area contributed by atoms with Gasteiger partial charge in [0.05, 0.1) is 11.2 Å². The first-order valence-corrected chi connectivity index (χ1v) is 6.51. The van der Waals surface area contributed by atoms with Gasteiger partial charge in [0.1, 0.15) is 5.60 Å². The average molecular weight is 252 g/mol. The molecule has 3 rings (SSSR count). The minimum Gasteiger partial charge on any atom is -0.455 e. The summed E-state index contributed by atoms with van der Waals surface area (Å²) >= 11 is 0. The SMILES string of the molecule is C=C(C)C(=O)OC12CC3CC(O)(CC(C)(O)C1)C32. The highest BCUT2D eigenvalue weighted by molar-refractivity contribution is 5.87. The summed E-state index contributed by atoms with van der Waals surface area (Å²) in [5, 5.41) is 20.8. The molecule has 0 bridgehead atoms. The highest BCUT2D eigenvalue weighted by Gasteiger charge is 2.76. The topological polar surface area (TPSA) is 66.8 Å². The minimum absolute atomic E-state index is 0.00789. The van der Waals surface area contributed by atoms with Gasteiger partial charge in [0, 0.05) is 24.3 Å². The molecule has 4 nitrogen and oxygen atoms in total. The van der Waals surface area contributed by atoms with Gasteiger partial charge in [0.2, 0.25) is 0 Å². The van der Waals surface area contributed by atoms with Crippen LogP contribution in [0.15, 0.2) is 12.2 Å². The second-order valence-corrected chi connectivity index (χ2v) is 6.83. The fourth-order valence-electron chi connectivity index (χ4n) is 4.64. The van der Waals surface area contributed by atoms with E-state index in [0.717, 1.165) is 12.8 Å². The van der Waals surface area contributed by atoms with E-state index in [9.17, 15) is 15.0 Å². The lowest BCUT2D eigenvalue weighted by atomic mass is 9.37. The molecule has 0 radical (unpaired) electrons. The van der Waals surface area contributed by atoms with Gasteiger partial charge in [0.15, 0.2) is 0 Å². The van der Waals surface area contributed by atoms with Crippen LogP contribution in [-0.2, 0) is 9.53 Å². The Morgan fingerprint density at radius 2 is 2.00 bits per heavy atom. The largest absolute Gasteiger partial charge is 0.455 e. The summed E-state index contributed by atoms with van der Waals surface area (Å²) in [4.78, 5) is 11.7. The Balaban J connectivity index is 1.87. The second kappa shape index (κ2) is 3.17. The van der Waals surface area contributed by atoms with Crippen LogP contribution in [0, 0.1) is 11.8 Å². The van der Waals surface area contributed by atoms with Gasteiger partial charge in [-0.1, -0.05) is 6.58 Å². The van der Waals surface area contributed by atoms with Crippen molar-refractivity contribution in [1.29, 1.82) is 0 Å². The molecular weight excluding hydrogens is 232 g/mol. The standard InChI is InChI=1S/C14H20O4/c1-8(2)11(15)18-14-5-9-4-13(17,10(9)14)6-12(3,16)7-14/h9-10,16-17H,1,4-7H2,2-3H3. The number of ether oxygens (including phenoxy) is 1. The van der Waals surface area contributed by atoms with Crippen LogP contribution < -0.4 is 0 Å². The molecule has 100 valence electrons. The summed E-state index contributed by atoms with van der Waals surface area (Å²) < 4.78 is 5.58. The molecule has 5 unspecified atom stereocenters. The Morgan fingerprint density at radius 1 is 1.33 bits per heavy atom. The van der Waals surface area contributed by atoms with Crippen molar-refractivity contribution < 1.29 is 19.7 Å². The van der Waals surface area contributed by atoms with Crippen molar-refractivity contribution in [2.45, 2.75) is 56.3 Å². The third-order valence-electron chi connectivity index (χ3n) is 4.85. The summed E-state index contributed by atoms with van der Waals surface area (Å²) in [6, 6.07) is 0. The molecule has 3 aliphatic carbocycles. The van der Waals surface area contributed by atoms with Gasteiger partial charge >= 0.3 is 5.97 Å². The van der Waals surface area contributed by atoms with Crippen molar-refractivity contribution in [1.82, 2.24) is 0 Å². The molecular formula is C14H20O4. The maximum absolute atomic E-state index is 11.7. The van der Waals surface area contributed by atoms with Crippen molar-refractivity contribution in [3.05, 3.63) is 12.2 Å². The van der Waals surface area contributed by atoms with Crippen molar-refractivity contribution in [3.8, 4) is 0 Å². The Kier molecular flexibility index (Phi) is 2.14. The molecule has 18 heavy (non-hydrogen) atoms. The van der Waals surface area contributed by atoms with E-state index in [1.807, 2.05) is 0 Å². The predicted octanol–water partition coefficient (Wildman–Crippen LogP) is 1.16. The van der Waals surface area contributed by atoms with E-state index in [0.29, 0.717) is 24.3 Å². The zero-order valence-corrected chi connectivity index (χ0v) is 10.9. The van der Waals surface area contributed by atoms with Crippen LogP contribution in [0.2, 0.25) is 0 Å². The smallest absolute Gasteiger partial charge is 0.333 e. The first-order valence-electron chi connectivity index (χ1n) is 6.51. The quantitative estimate of drug-likeness (QED) is 0.571. The normalized spacial score (nSPS) is 52.7. The Bertz CT molecular complexity index is 441. The van der Waals surface area contributed by atoms with Crippen molar-refractivity contribution in [2.24, 2.45) is 11.8 Å². The van der Waals surface area contributed by atoms with E-state index in [4.69, 9.17) is 4.74 Å². The molecule has 3 aliphatic rings. The lowest BCUT2D eigenvalue weighted by molar-refractivity contribution is -0.345. The van der Waals surface area contributed by atoms with Crippen LogP contribution in [0.3, 0.4) is 0 Å². The fourth-order valence-corrected chi connectivity index (χ4v) is 4.64. The Morgan fingerprint density at radius 3 is 2.56 bits per heavy atom. The van der Waals surface area contributed by atoms with E-state index < -0.39 is 22.8 Å². The molecule has 4 heteroatoms. The number of carbonyl (C=O) groups is 1. The lowest BCUT2D eigenvalue weighted by Gasteiger charge is -2.72. The van der Waals surface area contributed by atoms with E-state index in [2.05, 4.69) is 6.58 Å². The van der Waals surface area contributed by atoms with Gasteiger partial charge in [-0.25, -0.2) is 4.79 Å². The first-order chi connectivity index (χ1) is 8.18. The highest BCUT2D eigenvalue weighted by atomic mass is 16.6. The fraction of sp³-hybridized carbons (Fsp3) is 0.786. The van der Waals surface area contributed by atoms with Crippen LogP contribution in [0.5, 0.6) is 0 Å². The van der Waals surface area contributed by atoms with E-state index in [-0.39, 0.29) is 5.92 Å². The molecule has 0 aromatic rings. The van der Waals surface area contributed by atoms with Crippen LogP contribution >= 0.6 is 0 Å². The zero-order valence-electron chi connectivity index (χ0n) is 10.9. The number of rotatable bonds is 2. The molecule has 3 fully saturated rings. The zero-order chi connectivity index (χ0) is 13.3. The van der Waals surface area contributed by atoms with Gasteiger partial charge in [-0.3, -0.25) is 0 Å². The van der Waals surface area contributed by atoms with Gasteiger partial charge in [0.25, 0.3) is 0 Å². The number of carbonyl (C=O) groups excluding carboxylic acids is 1. The van der Waals surface area contributed by atoms with Crippen LogP contribution in [-0.4, -0.2) is 33.0 Å². The molecule has 0 aromatic heterocycles. The highest BCUT2D eigenvalue weighted by Crippen LogP contribution is 2.70. The Hall–Kier alpha value is -0.870. The van der Waals surface area contributed by atoms with Gasteiger partial charge in [-0.05, 0) is 32.6 Å². The number of hydrogen-bond acceptors (Lipinski definition) is 4. The molecule has 0 heterocycles. The third kappa shape index (κ3) is 1.42. The summed E-state index contributed by atoms with van der Waals surface area (Å²) in [5.74, 6) is 0.0398. The molecule has 0 aliphatic heterocycles. The second-order valence-electron chi connectivity index (χ2n) is 6.83. The van der Waals surface area contributed by atoms with E-state index in [1.54, 1.807) is 13.8 Å². The van der Waals surface area contributed by atoms with Crippen molar-refractivity contribution in [3.63, 3.8) is 0 Å². The van der Waals surface area contributed by atoms with Crippen molar-refractivity contribution >= 4 is 5.97 Å². The summed E-state index contributed by atoms with van der Waals surface area (Å²) in [6.45, 7) is 6.91. The lowest BCUT2D eigenvalue weighted by Crippen LogP contribution is -2.79. The summed E-state index contributed by atoms with van der Waals surface area (Å²) in [7, 11) is 0. The van der Waals surface area contributed by atoms with Crippen LogP contribution in [0.1, 0.15) is 39.5 Å². The van der Waals surface area contributed by atoms with Gasteiger partial charge in [-0.15, -0.1) is 0 Å². The molecule has 0 amide bonds. The summed E-state index contributed by atoms with van der Waals surface area (Å²) in [5.41, 5.74) is -2.12. The first kappa shape index (κ1) is 12.2. The Labute approximate surface area is 107 Å². The molecule has 2 N–H and O–H groups in total. The molecule has 5 atom stereocenters. The summed E-state index contributed by atoms with van der Waals surface area (Å²) in [6.07, 6.45) is 2.28. The van der Waals surface area contributed by atoms with Gasteiger partial charge < -0.3 is 14.9 Å². The number of hydrogen-bond donors (Lipinski definition) is 2.